The van der Waals surface area contributed by atoms with E-state index in [0.29, 0.717) is 18.4 Å². The minimum Gasteiger partial charge on any atom is -0.396 e. The van der Waals surface area contributed by atoms with Gasteiger partial charge in [-0.3, -0.25) is 0 Å². The molecule has 0 aliphatic rings. The number of rotatable bonds is 9. The summed E-state index contributed by atoms with van der Waals surface area (Å²) in [5.41, 5.74) is 1.20. The van der Waals surface area contributed by atoms with Crippen molar-refractivity contribution in [2.24, 2.45) is 16.8 Å². The van der Waals surface area contributed by atoms with Crippen LogP contribution in [0.4, 0.5) is 0 Å². The molecule has 1 aromatic carbocycles. The van der Waals surface area contributed by atoms with Crippen LogP contribution >= 0.6 is 24.0 Å². The Balaban J connectivity index is 0.00000484. The first-order chi connectivity index (χ1) is 10.7. The fourth-order valence-corrected chi connectivity index (χ4v) is 2.49. The Kier molecular flexibility index (Phi) is 13.1. The van der Waals surface area contributed by atoms with Crippen LogP contribution in [0.25, 0.3) is 0 Å². The maximum atomic E-state index is 9.20. The number of nitrogens with zero attached hydrogens (tertiary/aromatic N) is 1. The molecular formula is C18H32IN3O. The molecule has 23 heavy (non-hydrogen) atoms. The van der Waals surface area contributed by atoms with Gasteiger partial charge in [-0.05, 0) is 37.2 Å². The van der Waals surface area contributed by atoms with Crippen molar-refractivity contribution in [2.75, 3.05) is 19.7 Å². The third-order valence-electron chi connectivity index (χ3n) is 3.51. The molecule has 0 spiro atoms. The zero-order valence-electron chi connectivity index (χ0n) is 14.6. The summed E-state index contributed by atoms with van der Waals surface area (Å²) in [5.74, 6) is 1.96. The predicted octanol–water partition coefficient (Wildman–Crippen LogP) is 3.40. The number of hydrogen-bond acceptors (Lipinski definition) is 2. The van der Waals surface area contributed by atoms with E-state index >= 15 is 0 Å². The van der Waals surface area contributed by atoms with Crippen LogP contribution in [-0.4, -0.2) is 30.8 Å². The number of aliphatic hydroxyl groups excluding tert-OH is 1. The number of aliphatic imine (C=N–C) groups is 1. The second-order valence-electron chi connectivity index (χ2n) is 6.07. The highest BCUT2D eigenvalue weighted by molar-refractivity contribution is 14.0. The summed E-state index contributed by atoms with van der Waals surface area (Å²) < 4.78 is 0. The van der Waals surface area contributed by atoms with E-state index in [1.165, 1.54) is 5.56 Å². The van der Waals surface area contributed by atoms with E-state index in [1.54, 1.807) is 0 Å². The second-order valence-corrected chi connectivity index (χ2v) is 6.07. The van der Waals surface area contributed by atoms with Gasteiger partial charge in [0.05, 0.1) is 6.54 Å². The number of benzene rings is 1. The maximum Gasteiger partial charge on any atom is 0.191 e. The first-order valence-electron chi connectivity index (χ1n) is 8.32. The van der Waals surface area contributed by atoms with E-state index in [9.17, 15) is 5.11 Å². The van der Waals surface area contributed by atoms with Crippen molar-refractivity contribution in [3.63, 3.8) is 0 Å². The fraction of sp³-hybridized carbons (Fsp3) is 0.611. The minimum atomic E-state index is 0. The van der Waals surface area contributed by atoms with Crippen LogP contribution in [0.1, 0.15) is 39.2 Å². The van der Waals surface area contributed by atoms with Crippen LogP contribution in [0.3, 0.4) is 0 Å². The largest absolute Gasteiger partial charge is 0.396 e. The van der Waals surface area contributed by atoms with Gasteiger partial charge in [0, 0.05) is 19.7 Å². The van der Waals surface area contributed by atoms with Gasteiger partial charge in [0.15, 0.2) is 5.96 Å². The molecule has 4 nitrogen and oxygen atoms in total. The lowest BCUT2D eigenvalue weighted by atomic mass is 9.94. The summed E-state index contributed by atoms with van der Waals surface area (Å²) in [6.45, 7) is 9.12. The highest BCUT2D eigenvalue weighted by atomic mass is 127. The van der Waals surface area contributed by atoms with Crippen molar-refractivity contribution in [3.05, 3.63) is 35.9 Å². The molecule has 0 fully saturated rings. The van der Waals surface area contributed by atoms with Crippen LogP contribution in [0.15, 0.2) is 35.3 Å². The lowest BCUT2D eigenvalue weighted by molar-refractivity contribution is 0.243. The molecule has 0 aromatic heterocycles. The van der Waals surface area contributed by atoms with Gasteiger partial charge in [-0.15, -0.1) is 24.0 Å². The predicted molar refractivity (Wildman–Crippen MR) is 109 cm³/mol. The summed E-state index contributed by atoms with van der Waals surface area (Å²) in [7, 11) is 0. The maximum absolute atomic E-state index is 9.20. The highest BCUT2D eigenvalue weighted by Gasteiger charge is 2.11. The van der Waals surface area contributed by atoms with E-state index in [0.717, 1.165) is 31.9 Å². The minimum absolute atomic E-state index is 0. The van der Waals surface area contributed by atoms with Crippen LogP contribution in [-0.2, 0) is 6.54 Å². The lowest BCUT2D eigenvalue weighted by Crippen LogP contribution is -2.40. The highest BCUT2D eigenvalue weighted by Crippen LogP contribution is 2.14. The number of aliphatic hydroxyl groups is 1. The topological polar surface area (TPSA) is 56.7 Å². The number of nitrogens with one attached hydrogen (secondary N) is 2. The Hall–Kier alpha value is -0.820. The molecule has 132 valence electrons. The van der Waals surface area contributed by atoms with Gasteiger partial charge in [-0.25, -0.2) is 4.99 Å². The molecule has 0 aliphatic carbocycles. The smallest absolute Gasteiger partial charge is 0.191 e. The van der Waals surface area contributed by atoms with Gasteiger partial charge in [-0.2, -0.15) is 0 Å². The zero-order chi connectivity index (χ0) is 16.2. The third-order valence-corrected chi connectivity index (χ3v) is 3.51. The molecular weight excluding hydrogens is 401 g/mol. The van der Waals surface area contributed by atoms with E-state index in [-0.39, 0.29) is 30.6 Å². The van der Waals surface area contributed by atoms with Crippen molar-refractivity contribution >= 4 is 29.9 Å². The molecule has 0 saturated carbocycles. The van der Waals surface area contributed by atoms with E-state index in [2.05, 4.69) is 48.5 Å². The van der Waals surface area contributed by atoms with Crippen molar-refractivity contribution in [3.8, 4) is 0 Å². The van der Waals surface area contributed by atoms with Crippen LogP contribution < -0.4 is 10.6 Å². The van der Waals surface area contributed by atoms with E-state index < -0.39 is 0 Å². The number of halogens is 1. The Morgan fingerprint density at radius 3 is 2.43 bits per heavy atom. The summed E-state index contributed by atoms with van der Waals surface area (Å²) >= 11 is 0. The SMILES string of the molecule is CCNC(=NCc1ccccc1)NCC(CCO)CC(C)C.I. The molecule has 0 saturated heterocycles. The Morgan fingerprint density at radius 1 is 1.17 bits per heavy atom. The van der Waals surface area contributed by atoms with Crippen molar-refractivity contribution in [2.45, 2.75) is 40.2 Å². The zero-order valence-corrected chi connectivity index (χ0v) is 16.9. The van der Waals surface area contributed by atoms with Crippen LogP contribution in [0, 0.1) is 11.8 Å². The Bertz CT molecular complexity index is 424. The standard InChI is InChI=1S/C18H31N3O.HI/c1-4-19-18(20-13-16-8-6-5-7-9-16)21-14-17(10-11-22)12-15(2)3;/h5-9,15,17,22H,4,10-14H2,1-3H3,(H2,19,20,21);1H. The molecule has 1 atom stereocenters. The van der Waals surface area contributed by atoms with Gasteiger partial charge in [0.1, 0.15) is 0 Å². The van der Waals surface area contributed by atoms with Crippen molar-refractivity contribution < 1.29 is 5.11 Å². The lowest BCUT2D eigenvalue weighted by Gasteiger charge is -2.20. The first kappa shape index (κ1) is 22.2. The van der Waals surface area contributed by atoms with Gasteiger partial charge in [0.25, 0.3) is 0 Å². The average molecular weight is 433 g/mol. The summed E-state index contributed by atoms with van der Waals surface area (Å²) in [6.07, 6.45) is 1.95. The molecule has 3 N–H and O–H groups in total. The Morgan fingerprint density at radius 2 is 1.87 bits per heavy atom. The normalized spacial score (nSPS) is 12.7. The molecule has 0 bridgehead atoms. The molecule has 1 aromatic rings. The molecule has 0 amide bonds. The van der Waals surface area contributed by atoms with Crippen molar-refractivity contribution in [1.29, 1.82) is 0 Å². The van der Waals surface area contributed by atoms with Crippen LogP contribution in [0.2, 0.25) is 0 Å². The van der Waals surface area contributed by atoms with Gasteiger partial charge in [-0.1, -0.05) is 44.2 Å². The Labute approximate surface area is 158 Å². The first-order valence-corrected chi connectivity index (χ1v) is 8.32. The van der Waals surface area contributed by atoms with Gasteiger partial charge >= 0.3 is 0 Å². The molecule has 0 radical (unpaired) electrons. The summed E-state index contributed by atoms with van der Waals surface area (Å²) in [5, 5.41) is 15.9. The molecule has 1 rings (SSSR count). The molecule has 0 heterocycles. The van der Waals surface area contributed by atoms with Crippen molar-refractivity contribution in [1.82, 2.24) is 10.6 Å². The fourth-order valence-electron chi connectivity index (χ4n) is 2.49. The van der Waals surface area contributed by atoms with E-state index in [4.69, 9.17) is 0 Å². The molecule has 1 unspecified atom stereocenters. The van der Waals surface area contributed by atoms with E-state index in [1.807, 2.05) is 18.2 Å². The molecule has 0 aliphatic heterocycles. The number of guanidine groups is 1. The van der Waals surface area contributed by atoms with Crippen LogP contribution in [0.5, 0.6) is 0 Å². The summed E-state index contributed by atoms with van der Waals surface area (Å²) in [6, 6.07) is 10.2. The summed E-state index contributed by atoms with van der Waals surface area (Å²) in [4.78, 5) is 4.63. The second kappa shape index (κ2) is 13.6. The van der Waals surface area contributed by atoms with Gasteiger partial charge < -0.3 is 15.7 Å². The molecule has 5 heteroatoms. The third kappa shape index (κ3) is 10.5. The number of hydrogen-bond donors (Lipinski definition) is 3. The average Bonchev–Trinajstić information content (AvgIpc) is 2.50. The van der Waals surface area contributed by atoms with Gasteiger partial charge in [0.2, 0.25) is 0 Å². The monoisotopic (exact) mass is 433 g/mol. The quantitative estimate of drug-likeness (QED) is 0.318.